The van der Waals surface area contributed by atoms with Crippen molar-refractivity contribution in [2.24, 2.45) is 0 Å². The molecule has 0 aliphatic rings. The van der Waals surface area contributed by atoms with Crippen molar-refractivity contribution in [2.75, 3.05) is 27.2 Å². The maximum Gasteiger partial charge on any atom is 0.314 e. The van der Waals surface area contributed by atoms with Crippen LogP contribution < -0.4 is 10.6 Å². The second-order valence-electron chi connectivity index (χ2n) is 6.05. The Balaban J connectivity index is 1.82. The van der Waals surface area contributed by atoms with E-state index >= 15 is 0 Å². The number of likely N-dealkylation sites (N-methyl/N-ethyl adjacent to an activating group) is 1. The summed E-state index contributed by atoms with van der Waals surface area (Å²) in [5, 5.41) is 15.5. The highest BCUT2D eigenvalue weighted by Crippen LogP contribution is 2.16. The molecule has 3 N–H and O–H groups in total. The Labute approximate surface area is 147 Å². The minimum Gasteiger partial charge on any atom is -0.387 e. The predicted octanol–water partition coefficient (Wildman–Crippen LogP) is 2.46. The molecule has 2 unspecified atom stereocenters. The van der Waals surface area contributed by atoms with E-state index in [1.807, 2.05) is 49.3 Å². The van der Waals surface area contributed by atoms with E-state index in [-0.39, 0.29) is 24.4 Å². The van der Waals surface area contributed by atoms with Gasteiger partial charge in [-0.25, -0.2) is 9.18 Å². The molecular weight excluding hydrogens is 321 g/mol. The molecule has 5 nitrogen and oxygen atoms in total. The van der Waals surface area contributed by atoms with E-state index in [1.165, 1.54) is 24.3 Å². The lowest BCUT2D eigenvalue weighted by Gasteiger charge is -2.25. The van der Waals surface area contributed by atoms with Gasteiger partial charge in [-0.3, -0.25) is 0 Å². The van der Waals surface area contributed by atoms with E-state index in [4.69, 9.17) is 0 Å². The molecule has 2 amide bonds. The average molecular weight is 345 g/mol. The molecule has 0 aliphatic heterocycles. The molecular formula is C19H24FN3O2. The van der Waals surface area contributed by atoms with Crippen molar-refractivity contribution in [1.82, 2.24) is 15.5 Å². The molecule has 2 aromatic carbocycles. The zero-order chi connectivity index (χ0) is 18.2. The zero-order valence-corrected chi connectivity index (χ0v) is 14.4. The van der Waals surface area contributed by atoms with Crippen molar-refractivity contribution >= 4 is 6.03 Å². The molecule has 2 atom stereocenters. The monoisotopic (exact) mass is 345 g/mol. The van der Waals surface area contributed by atoms with Gasteiger partial charge in [0.2, 0.25) is 0 Å². The van der Waals surface area contributed by atoms with Crippen molar-refractivity contribution < 1.29 is 14.3 Å². The van der Waals surface area contributed by atoms with Crippen molar-refractivity contribution in [1.29, 1.82) is 0 Å². The number of rotatable bonds is 7. The van der Waals surface area contributed by atoms with Gasteiger partial charge in [-0.05, 0) is 37.4 Å². The Morgan fingerprint density at radius 3 is 2.20 bits per heavy atom. The Kier molecular flexibility index (Phi) is 6.91. The fraction of sp³-hybridized carbons (Fsp3) is 0.316. The maximum atomic E-state index is 12.9. The number of aliphatic hydroxyl groups excluding tert-OH is 1. The Morgan fingerprint density at radius 1 is 1.00 bits per heavy atom. The fourth-order valence-corrected chi connectivity index (χ4v) is 2.52. The molecule has 0 bridgehead atoms. The largest absolute Gasteiger partial charge is 0.387 e. The van der Waals surface area contributed by atoms with Crippen molar-refractivity contribution in [2.45, 2.75) is 12.1 Å². The molecule has 0 aliphatic carbocycles. The normalized spacial score (nSPS) is 13.3. The van der Waals surface area contributed by atoms with Crippen LogP contribution in [0.3, 0.4) is 0 Å². The molecule has 2 rings (SSSR count). The van der Waals surface area contributed by atoms with E-state index in [0.29, 0.717) is 12.1 Å². The summed E-state index contributed by atoms with van der Waals surface area (Å²) in [6.45, 7) is 0.491. The molecule has 0 fully saturated rings. The van der Waals surface area contributed by atoms with E-state index < -0.39 is 6.10 Å². The molecule has 0 spiro atoms. The quantitative estimate of drug-likeness (QED) is 0.722. The second kappa shape index (κ2) is 9.15. The first-order valence-corrected chi connectivity index (χ1v) is 8.14. The summed E-state index contributed by atoms with van der Waals surface area (Å²) in [5.41, 5.74) is 1.66. The molecule has 0 aromatic heterocycles. The number of nitrogens with one attached hydrogen (secondary N) is 2. The summed E-state index contributed by atoms with van der Waals surface area (Å²) in [5.74, 6) is -0.364. The minimum absolute atomic E-state index is 0.0500. The molecule has 0 saturated heterocycles. The van der Waals surface area contributed by atoms with Crippen LogP contribution in [-0.4, -0.2) is 43.2 Å². The summed E-state index contributed by atoms with van der Waals surface area (Å²) in [6.07, 6.45) is -0.884. The predicted molar refractivity (Wildman–Crippen MR) is 95.6 cm³/mol. The van der Waals surface area contributed by atoms with Crippen LogP contribution in [0.15, 0.2) is 54.6 Å². The average Bonchev–Trinajstić information content (AvgIpc) is 2.61. The standard InChI is InChI=1S/C19H24FN3O2/c1-23(2)17(14-6-4-3-5-7-14)12-21-19(25)22-13-18(24)15-8-10-16(20)11-9-15/h3-11,17-18,24H,12-13H2,1-2H3,(H2,21,22,25). The fourth-order valence-electron chi connectivity index (χ4n) is 2.52. The Bertz CT molecular complexity index is 662. The van der Waals surface area contributed by atoms with E-state index in [2.05, 4.69) is 10.6 Å². The number of hydrogen-bond acceptors (Lipinski definition) is 3. The number of carbonyl (C=O) groups excluding carboxylic acids is 1. The number of aliphatic hydroxyl groups is 1. The van der Waals surface area contributed by atoms with Crippen molar-refractivity contribution in [3.05, 3.63) is 71.5 Å². The first kappa shape index (κ1) is 18.9. The van der Waals surface area contributed by atoms with Crippen LogP contribution in [0.5, 0.6) is 0 Å². The summed E-state index contributed by atoms with van der Waals surface area (Å²) in [7, 11) is 3.91. The van der Waals surface area contributed by atoms with Gasteiger partial charge in [0.15, 0.2) is 0 Å². The number of halogens is 1. The van der Waals surface area contributed by atoms with Crippen LogP contribution in [0.2, 0.25) is 0 Å². The van der Waals surface area contributed by atoms with E-state index in [1.54, 1.807) is 0 Å². The summed E-state index contributed by atoms with van der Waals surface area (Å²) in [6, 6.07) is 15.2. The first-order chi connectivity index (χ1) is 12.0. The molecule has 0 saturated carbocycles. The van der Waals surface area contributed by atoms with Gasteiger partial charge in [-0.15, -0.1) is 0 Å². The van der Waals surface area contributed by atoms with Crippen LogP contribution >= 0.6 is 0 Å². The molecule has 0 heterocycles. The lowest BCUT2D eigenvalue weighted by molar-refractivity contribution is 0.172. The third-order valence-corrected chi connectivity index (χ3v) is 3.97. The van der Waals surface area contributed by atoms with Crippen LogP contribution in [0, 0.1) is 5.82 Å². The third kappa shape index (κ3) is 5.85. The topological polar surface area (TPSA) is 64.6 Å². The van der Waals surface area contributed by atoms with Gasteiger partial charge in [0, 0.05) is 13.1 Å². The van der Waals surface area contributed by atoms with Crippen LogP contribution in [0.4, 0.5) is 9.18 Å². The molecule has 0 radical (unpaired) electrons. The highest BCUT2D eigenvalue weighted by molar-refractivity contribution is 5.73. The van der Waals surface area contributed by atoms with Crippen LogP contribution in [-0.2, 0) is 0 Å². The number of hydrogen-bond donors (Lipinski definition) is 3. The summed E-state index contributed by atoms with van der Waals surface area (Å²) < 4.78 is 12.9. The Morgan fingerprint density at radius 2 is 1.60 bits per heavy atom. The first-order valence-electron chi connectivity index (χ1n) is 8.14. The lowest BCUT2D eigenvalue weighted by atomic mass is 10.1. The van der Waals surface area contributed by atoms with Gasteiger partial charge >= 0.3 is 6.03 Å². The number of carbonyl (C=O) groups is 1. The van der Waals surface area contributed by atoms with Gasteiger partial charge in [0.1, 0.15) is 5.82 Å². The SMILES string of the molecule is CN(C)C(CNC(=O)NCC(O)c1ccc(F)cc1)c1ccccc1. The highest BCUT2D eigenvalue weighted by Gasteiger charge is 2.15. The molecule has 6 heteroatoms. The van der Waals surface area contributed by atoms with Gasteiger partial charge in [0.05, 0.1) is 12.1 Å². The number of benzene rings is 2. The number of urea groups is 1. The van der Waals surface area contributed by atoms with Gasteiger partial charge in [-0.2, -0.15) is 0 Å². The van der Waals surface area contributed by atoms with E-state index in [0.717, 1.165) is 5.56 Å². The molecule has 25 heavy (non-hydrogen) atoms. The smallest absolute Gasteiger partial charge is 0.314 e. The third-order valence-electron chi connectivity index (χ3n) is 3.97. The highest BCUT2D eigenvalue weighted by atomic mass is 19.1. The maximum absolute atomic E-state index is 12.9. The lowest BCUT2D eigenvalue weighted by Crippen LogP contribution is -2.41. The van der Waals surface area contributed by atoms with E-state index in [9.17, 15) is 14.3 Å². The number of amides is 2. The van der Waals surface area contributed by atoms with Gasteiger partial charge < -0.3 is 20.6 Å². The number of nitrogens with zero attached hydrogens (tertiary/aromatic N) is 1. The van der Waals surface area contributed by atoms with Crippen molar-refractivity contribution in [3.8, 4) is 0 Å². The van der Waals surface area contributed by atoms with Gasteiger partial charge in [0.25, 0.3) is 0 Å². The van der Waals surface area contributed by atoms with Crippen molar-refractivity contribution in [3.63, 3.8) is 0 Å². The van der Waals surface area contributed by atoms with Gasteiger partial charge in [-0.1, -0.05) is 42.5 Å². The summed E-state index contributed by atoms with van der Waals surface area (Å²) in [4.78, 5) is 14.0. The van der Waals surface area contributed by atoms with Crippen LogP contribution in [0.25, 0.3) is 0 Å². The molecule has 2 aromatic rings. The zero-order valence-electron chi connectivity index (χ0n) is 14.4. The van der Waals surface area contributed by atoms with Crippen LogP contribution in [0.1, 0.15) is 23.3 Å². The Hall–Kier alpha value is -2.44. The summed E-state index contributed by atoms with van der Waals surface area (Å²) >= 11 is 0. The second-order valence-corrected chi connectivity index (χ2v) is 6.05. The molecule has 134 valence electrons. The minimum atomic E-state index is -0.884.